The minimum absolute atomic E-state index is 0.209. The number of para-hydroxylation sites is 1. The summed E-state index contributed by atoms with van der Waals surface area (Å²) in [5.74, 6) is -0.223. The second kappa shape index (κ2) is 11.5. The Bertz CT molecular complexity index is 1350. The molecule has 0 unspecified atom stereocenters. The van der Waals surface area contributed by atoms with Crippen molar-refractivity contribution in [2.75, 3.05) is 31.1 Å². The molecule has 5 nitrogen and oxygen atoms in total. The molecule has 0 saturated carbocycles. The van der Waals surface area contributed by atoms with Gasteiger partial charge in [-0.1, -0.05) is 66.2 Å². The van der Waals surface area contributed by atoms with Crippen LogP contribution in [0.2, 0.25) is 5.02 Å². The van der Waals surface area contributed by atoms with Gasteiger partial charge in [0, 0.05) is 49.0 Å². The van der Waals surface area contributed by atoms with Gasteiger partial charge in [0.25, 0.3) is 0 Å². The number of benzene rings is 4. The van der Waals surface area contributed by atoms with Gasteiger partial charge in [0.15, 0.2) is 0 Å². The van der Waals surface area contributed by atoms with Gasteiger partial charge in [-0.05, 0) is 59.2 Å². The Morgan fingerprint density at radius 2 is 1.51 bits per heavy atom. The molecule has 1 aliphatic rings. The normalized spacial score (nSPS) is 13.9. The number of carboxylic acids is 1. The smallest absolute Gasteiger partial charge is 0.336 e. The van der Waals surface area contributed by atoms with Crippen molar-refractivity contribution in [3.8, 4) is 16.9 Å². The Morgan fingerprint density at radius 3 is 2.24 bits per heavy atom. The van der Waals surface area contributed by atoms with Crippen molar-refractivity contribution in [1.82, 2.24) is 4.90 Å². The fourth-order valence-electron chi connectivity index (χ4n) is 4.76. The molecule has 1 N–H and O–H groups in total. The van der Waals surface area contributed by atoms with Crippen molar-refractivity contribution in [3.05, 3.63) is 119 Å². The largest absolute Gasteiger partial charge is 0.489 e. The van der Waals surface area contributed by atoms with Gasteiger partial charge in [-0.25, -0.2) is 4.79 Å². The van der Waals surface area contributed by atoms with Gasteiger partial charge >= 0.3 is 5.97 Å². The number of nitrogens with zero attached hydrogens (tertiary/aromatic N) is 2. The lowest BCUT2D eigenvalue weighted by molar-refractivity contribution is 0.0694. The summed E-state index contributed by atoms with van der Waals surface area (Å²) in [6.45, 7) is 4.67. The second-order valence-corrected chi connectivity index (χ2v) is 9.61. The van der Waals surface area contributed by atoms with E-state index < -0.39 is 5.97 Å². The van der Waals surface area contributed by atoms with Crippen LogP contribution in [0.1, 0.15) is 21.5 Å². The molecule has 0 aliphatic carbocycles. The highest BCUT2D eigenvalue weighted by Crippen LogP contribution is 2.28. The number of carboxylic acid groups (broad SMARTS) is 1. The first-order valence-corrected chi connectivity index (χ1v) is 12.8. The molecule has 0 atom stereocenters. The van der Waals surface area contributed by atoms with Crippen LogP contribution < -0.4 is 9.64 Å². The number of anilines is 1. The van der Waals surface area contributed by atoms with Crippen molar-refractivity contribution < 1.29 is 14.6 Å². The van der Waals surface area contributed by atoms with Gasteiger partial charge < -0.3 is 14.7 Å². The number of hydrogen-bond acceptors (Lipinski definition) is 4. The summed E-state index contributed by atoms with van der Waals surface area (Å²) in [6, 6.07) is 31.5. The van der Waals surface area contributed by atoms with Crippen molar-refractivity contribution in [2.24, 2.45) is 0 Å². The van der Waals surface area contributed by atoms with E-state index in [0.29, 0.717) is 5.56 Å². The SMILES string of the molecule is O=C(O)c1ccc(N2CCN(Cc3ccccc3-c3ccc(Cl)cc3)CC2)cc1COc1ccccc1. The quantitative estimate of drug-likeness (QED) is 0.288. The van der Waals surface area contributed by atoms with Gasteiger partial charge in [-0.2, -0.15) is 0 Å². The Labute approximate surface area is 222 Å². The molecular weight excluding hydrogens is 484 g/mol. The highest BCUT2D eigenvalue weighted by Gasteiger charge is 2.20. The molecule has 188 valence electrons. The topological polar surface area (TPSA) is 53.0 Å². The lowest BCUT2D eigenvalue weighted by Crippen LogP contribution is -2.46. The average molecular weight is 513 g/mol. The zero-order chi connectivity index (χ0) is 25.6. The fraction of sp³-hybridized carbons (Fsp3) is 0.194. The molecule has 37 heavy (non-hydrogen) atoms. The zero-order valence-corrected chi connectivity index (χ0v) is 21.3. The van der Waals surface area contributed by atoms with Crippen LogP contribution in [-0.2, 0) is 13.2 Å². The summed E-state index contributed by atoms with van der Waals surface area (Å²) < 4.78 is 5.87. The standard InChI is InChI=1S/C31H29ClN2O3/c32-26-12-10-23(11-13-26)29-9-5-4-6-24(29)21-33-16-18-34(19-17-33)27-14-15-30(31(35)36)25(20-27)22-37-28-7-2-1-3-8-28/h1-15,20H,16-19,21-22H2,(H,35,36). The maximum absolute atomic E-state index is 11.8. The summed E-state index contributed by atoms with van der Waals surface area (Å²) in [6.07, 6.45) is 0. The van der Waals surface area contributed by atoms with Gasteiger partial charge in [-0.3, -0.25) is 4.90 Å². The number of hydrogen-bond donors (Lipinski definition) is 1. The number of carbonyl (C=O) groups is 1. The third-order valence-corrected chi connectivity index (χ3v) is 7.01. The number of ether oxygens (including phenoxy) is 1. The molecule has 1 saturated heterocycles. The highest BCUT2D eigenvalue weighted by atomic mass is 35.5. The second-order valence-electron chi connectivity index (χ2n) is 9.18. The molecule has 5 rings (SSSR count). The van der Waals surface area contributed by atoms with Crippen LogP contribution in [0.15, 0.2) is 97.1 Å². The maximum atomic E-state index is 11.8. The number of halogens is 1. The maximum Gasteiger partial charge on any atom is 0.336 e. The molecule has 0 radical (unpaired) electrons. The van der Waals surface area contributed by atoms with Crippen LogP contribution in [0.5, 0.6) is 5.75 Å². The first kappa shape index (κ1) is 24.9. The Balaban J connectivity index is 1.25. The van der Waals surface area contributed by atoms with Crippen molar-refractivity contribution >= 4 is 23.3 Å². The van der Waals surface area contributed by atoms with E-state index in [1.807, 2.05) is 54.6 Å². The van der Waals surface area contributed by atoms with E-state index in [1.165, 1.54) is 16.7 Å². The summed E-state index contributed by atoms with van der Waals surface area (Å²) >= 11 is 6.09. The number of rotatable bonds is 8. The van der Waals surface area contributed by atoms with Gasteiger partial charge in [0.1, 0.15) is 12.4 Å². The Hall–Kier alpha value is -3.80. The van der Waals surface area contributed by atoms with E-state index >= 15 is 0 Å². The predicted octanol–water partition coefficient (Wildman–Crippen LogP) is 6.61. The van der Waals surface area contributed by atoms with Crippen molar-refractivity contribution in [3.63, 3.8) is 0 Å². The molecule has 6 heteroatoms. The lowest BCUT2D eigenvalue weighted by Gasteiger charge is -2.36. The molecule has 0 spiro atoms. The first-order chi connectivity index (χ1) is 18.1. The van der Waals surface area contributed by atoms with Gasteiger partial charge in [-0.15, -0.1) is 0 Å². The minimum Gasteiger partial charge on any atom is -0.489 e. The number of aromatic carboxylic acids is 1. The van der Waals surface area contributed by atoms with Crippen LogP contribution in [0.4, 0.5) is 5.69 Å². The van der Waals surface area contributed by atoms with Crippen LogP contribution in [0, 0.1) is 0 Å². The third-order valence-electron chi connectivity index (χ3n) is 6.76. The summed E-state index contributed by atoms with van der Waals surface area (Å²) in [5.41, 5.74) is 5.67. The highest BCUT2D eigenvalue weighted by molar-refractivity contribution is 6.30. The fourth-order valence-corrected chi connectivity index (χ4v) is 4.88. The number of piperazine rings is 1. The molecule has 1 fully saturated rings. The molecule has 1 aliphatic heterocycles. The molecule has 0 aromatic heterocycles. The van der Waals surface area contributed by atoms with Crippen molar-refractivity contribution in [2.45, 2.75) is 13.2 Å². The molecule has 0 bridgehead atoms. The summed E-state index contributed by atoms with van der Waals surface area (Å²) in [7, 11) is 0. The third kappa shape index (κ3) is 6.13. The van der Waals surface area contributed by atoms with Crippen molar-refractivity contribution in [1.29, 1.82) is 0 Å². The van der Waals surface area contributed by atoms with Crippen LogP contribution in [-0.4, -0.2) is 42.2 Å². The van der Waals surface area contributed by atoms with E-state index in [1.54, 1.807) is 6.07 Å². The zero-order valence-electron chi connectivity index (χ0n) is 20.5. The van der Waals surface area contributed by atoms with Crippen LogP contribution >= 0.6 is 11.6 Å². The first-order valence-electron chi connectivity index (χ1n) is 12.4. The van der Waals surface area contributed by atoms with E-state index in [4.69, 9.17) is 16.3 Å². The average Bonchev–Trinajstić information content (AvgIpc) is 2.93. The van der Waals surface area contributed by atoms with Crippen LogP contribution in [0.3, 0.4) is 0 Å². The minimum atomic E-state index is -0.942. The van der Waals surface area contributed by atoms with Crippen LogP contribution in [0.25, 0.3) is 11.1 Å². The summed E-state index contributed by atoms with van der Waals surface area (Å²) in [4.78, 5) is 16.6. The molecule has 4 aromatic carbocycles. The predicted molar refractivity (Wildman–Crippen MR) is 149 cm³/mol. The molecule has 0 amide bonds. The van der Waals surface area contributed by atoms with E-state index in [2.05, 4.69) is 46.2 Å². The molecular formula is C31H29ClN2O3. The van der Waals surface area contributed by atoms with E-state index in [0.717, 1.165) is 49.2 Å². The molecule has 1 heterocycles. The van der Waals surface area contributed by atoms with Gasteiger partial charge in [0.2, 0.25) is 0 Å². The van der Waals surface area contributed by atoms with E-state index in [-0.39, 0.29) is 12.2 Å². The Morgan fingerprint density at radius 1 is 0.811 bits per heavy atom. The molecule has 4 aromatic rings. The summed E-state index contributed by atoms with van der Waals surface area (Å²) in [5, 5.41) is 10.4. The monoisotopic (exact) mass is 512 g/mol. The lowest BCUT2D eigenvalue weighted by atomic mass is 9.99. The van der Waals surface area contributed by atoms with Gasteiger partial charge in [0.05, 0.1) is 5.56 Å². The Kier molecular flexibility index (Phi) is 7.73. The van der Waals surface area contributed by atoms with E-state index in [9.17, 15) is 9.90 Å².